The number of hydrogen-bond donors (Lipinski definition) is 0. The molecule has 0 aliphatic heterocycles. The molecule has 5 aromatic carbocycles. The number of para-hydroxylation sites is 2. The van der Waals surface area contributed by atoms with Gasteiger partial charge in [-0.15, -0.1) is 0 Å². The normalized spacial score (nSPS) is 11.6. The van der Waals surface area contributed by atoms with Crippen LogP contribution < -0.4 is 0 Å². The topological polar surface area (TPSA) is 17.8 Å². The first-order valence-corrected chi connectivity index (χ1v) is 11.2. The highest BCUT2D eigenvalue weighted by Crippen LogP contribution is 2.43. The highest BCUT2D eigenvalue weighted by Gasteiger charge is 2.19. The summed E-state index contributed by atoms with van der Waals surface area (Å²) in [6.07, 6.45) is 3.92. The van der Waals surface area contributed by atoms with Crippen molar-refractivity contribution in [3.8, 4) is 16.8 Å². The summed E-state index contributed by atoms with van der Waals surface area (Å²) in [4.78, 5) is 4.57. The molecular formula is C31H20N2. The van der Waals surface area contributed by atoms with E-state index in [2.05, 4.69) is 119 Å². The first-order valence-electron chi connectivity index (χ1n) is 11.2. The van der Waals surface area contributed by atoms with Crippen LogP contribution in [0.4, 0.5) is 0 Å². The molecule has 154 valence electrons. The van der Waals surface area contributed by atoms with Crippen molar-refractivity contribution in [1.29, 1.82) is 0 Å². The number of nitrogens with zero attached hydrogens (tertiary/aromatic N) is 2. The third kappa shape index (κ3) is 2.58. The fourth-order valence-corrected chi connectivity index (χ4v) is 5.32. The number of aromatic nitrogens is 2. The van der Waals surface area contributed by atoms with E-state index in [9.17, 15) is 0 Å². The van der Waals surface area contributed by atoms with Gasteiger partial charge in [0.1, 0.15) is 0 Å². The number of benzene rings is 5. The Balaban J connectivity index is 1.75. The number of rotatable bonds is 2. The van der Waals surface area contributed by atoms with Gasteiger partial charge in [0.15, 0.2) is 0 Å². The summed E-state index contributed by atoms with van der Waals surface area (Å²) in [5.74, 6) is 0. The second-order valence-electron chi connectivity index (χ2n) is 8.43. The molecule has 0 amide bonds. The number of fused-ring (bicyclic) bond motifs is 5. The molecule has 0 atom stereocenters. The summed E-state index contributed by atoms with van der Waals surface area (Å²) in [6, 6.07) is 39.0. The maximum Gasteiger partial charge on any atom is 0.0634 e. The molecule has 33 heavy (non-hydrogen) atoms. The van der Waals surface area contributed by atoms with Gasteiger partial charge in [0, 0.05) is 33.9 Å². The zero-order chi connectivity index (χ0) is 21.8. The van der Waals surface area contributed by atoms with E-state index in [0.717, 1.165) is 5.39 Å². The molecule has 0 aliphatic rings. The molecule has 7 aromatic rings. The van der Waals surface area contributed by atoms with E-state index < -0.39 is 0 Å². The fraction of sp³-hybridized carbons (Fsp3) is 0. The minimum absolute atomic E-state index is 1.15. The molecule has 2 heteroatoms. The van der Waals surface area contributed by atoms with Crippen molar-refractivity contribution in [3.63, 3.8) is 0 Å². The van der Waals surface area contributed by atoms with E-state index in [4.69, 9.17) is 0 Å². The average Bonchev–Trinajstić information content (AvgIpc) is 3.22. The third-order valence-corrected chi connectivity index (χ3v) is 6.66. The summed E-state index contributed by atoms with van der Waals surface area (Å²) < 4.78 is 2.42. The Hall–Kier alpha value is -4.43. The lowest BCUT2D eigenvalue weighted by atomic mass is 9.91. The smallest absolute Gasteiger partial charge is 0.0634 e. The standard InChI is InChI=1S/C31H20N2/c1-2-10-21(11-3-1)30-24-14-4-5-15-26(24)31(27-20-32-19-18-25(27)30)33-28-16-8-6-12-22(28)23-13-7-9-17-29(23)33/h1-20H. The van der Waals surface area contributed by atoms with Crippen molar-refractivity contribution >= 4 is 43.4 Å². The van der Waals surface area contributed by atoms with Gasteiger partial charge in [0.2, 0.25) is 0 Å². The van der Waals surface area contributed by atoms with Crippen LogP contribution in [0.1, 0.15) is 0 Å². The van der Waals surface area contributed by atoms with Gasteiger partial charge in [-0.05, 0) is 40.1 Å². The van der Waals surface area contributed by atoms with Gasteiger partial charge in [0.05, 0.1) is 16.7 Å². The van der Waals surface area contributed by atoms with E-state index >= 15 is 0 Å². The zero-order valence-electron chi connectivity index (χ0n) is 17.9. The van der Waals surface area contributed by atoms with E-state index in [1.807, 2.05) is 12.4 Å². The van der Waals surface area contributed by atoms with E-state index in [-0.39, 0.29) is 0 Å². The highest BCUT2D eigenvalue weighted by atomic mass is 15.0. The Labute approximate surface area is 191 Å². The largest absolute Gasteiger partial charge is 0.308 e. The first kappa shape index (κ1) is 18.2. The third-order valence-electron chi connectivity index (χ3n) is 6.66. The van der Waals surface area contributed by atoms with Crippen molar-refractivity contribution in [2.24, 2.45) is 0 Å². The molecule has 0 fully saturated rings. The lowest BCUT2D eigenvalue weighted by molar-refractivity contribution is 1.21. The van der Waals surface area contributed by atoms with Crippen LogP contribution in [-0.2, 0) is 0 Å². The van der Waals surface area contributed by atoms with Crippen LogP contribution in [0.2, 0.25) is 0 Å². The van der Waals surface area contributed by atoms with Gasteiger partial charge >= 0.3 is 0 Å². The Kier molecular flexibility index (Phi) is 3.88. The van der Waals surface area contributed by atoms with Crippen molar-refractivity contribution in [3.05, 3.63) is 122 Å². The summed E-state index contributed by atoms with van der Waals surface area (Å²) in [5.41, 5.74) is 6.08. The number of pyridine rings is 1. The Morgan fingerprint density at radius 3 is 1.70 bits per heavy atom. The SMILES string of the molecule is c1ccc(-c2c3ccccc3c(-n3c4ccccc4c4ccccc43)c3cnccc23)cc1. The van der Waals surface area contributed by atoms with Crippen LogP contribution in [-0.4, -0.2) is 9.55 Å². The van der Waals surface area contributed by atoms with Crippen molar-refractivity contribution in [2.45, 2.75) is 0 Å². The summed E-state index contributed by atoms with van der Waals surface area (Å²) >= 11 is 0. The molecule has 0 saturated heterocycles. The highest BCUT2D eigenvalue weighted by molar-refractivity contribution is 6.20. The van der Waals surface area contributed by atoms with Crippen LogP contribution in [0, 0.1) is 0 Å². The van der Waals surface area contributed by atoms with Crippen LogP contribution in [0.15, 0.2) is 122 Å². The summed E-state index contributed by atoms with van der Waals surface area (Å²) in [5, 5.41) is 7.37. The van der Waals surface area contributed by atoms with Gasteiger partial charge in [-0.25, -0.2) is 0 Å². The molecule has 0 spiro atoms. The predicted octanol–water partition coefficient (Wildman–Crippen LogP) is 8.15. The molecule has 0 aliphatic carbocycles. The van der Waals surface area contributed by atoms with E-state index in [0.29, 0.717) is 0 Å². The van der Waals surface area contributed by atoms with E-state index in [1.165, 1.54) is 54.8 Å². The number of hydrogen-bond acceptors (Lipinski definition) is 1. The van der Waals surface area contributed by atoms with E-state index in [1.54, 1.807) is 0 Å². The maximum atomic E-state index is 4.57. The second kappa shape index (κ2) is 7.04. The van der Waals surface area contributed by atoms with Crippen molar-refractivity contribution in [2.75, 3.05) is 0 Å². The molecular weight excluding hydrogens is 400 g/mol. The molecule has 0 radical (unpaired) electrons. The summed E-state index contributed by atoms with van der Waals surface area (Å²) in [7, 11) is 0. The van der Waals surface area contributed by atoms with Gasteiger partial charge in [-0.3, -0.25) is 4.98 Å². The molecule has 2 heterocycles. The quantitative estimate of drug-likeness (QED) is 0.258. The minimum atomic E-state index is 1.15. The minimum Gasteiger partial charge on any atom is -0.308 e. The molecule has 2 aromatic heterocycles. The molecule has 0 saturated carbocycles. The second-order valence-corrected chi connectivity index (χ2v) is 8.43. The van der Waals surface area contributed by atoms with Crippen LogP contribution in [0.3, 0.4) is 0 Å². The molecule has 0 N–H and O–H groups in total. The Morgan fingerprint density at radius 1 is 0.455 bits per heavy atom. The molecule has 2 nitrogen and oxygen atoms in total. The van der Waals surface area contributed by atoms with Gasteiger partial charge in [0.25, 0.3) is 0 Å². The lowest BCUT2D eigenvalue weighted by Crippen LogP contribution is -1.99. The molecule has 0 unspecified atom stereocenters. The zero-order valence-corrected chi connectivity index (χ0v) is 17.9. The van der Waals surface area contributed by atoms with Crippen molar-refractivity contribution in [1.82, 2.24) is 9.55 Å². The first-order chi connectivity index (χ1) is 16.4. The van der Waals surface area contributed by atoms with Crippen LogP contribution in [0.5, 0.6) is 0 Å². The Morgan fingerprint density at radius 2 is 1.00 bits per heavy atom. The van der Waals surface area contributed by atoms with Crippen LogP contribution in [0.25, 0.3) is 60.2 Å². The monoisotopic (exact) mass is 420 g/mol. The van der Waals surface area contributed by atoms with Gasteiger partial charge < -0.3 is 4.57 Å². The van der Waals surface area contributed by atoms with Crippen LogP contribution >= 0.6 is 0 Å². The average molecular weight is 421 g/mol. The molecule has 0 bridgehead atoms. The fourth-order valence-electron chi connectivity index (χ4n) is 5.32. The predicted molar refractivity (Wildman–Crippen MR) is 139 cm³/mol. The van der Waals surface area contributed by atoms with Crippen molar-refractivity contribution < 1.29 is 0 Å². The van der Waals surface area contributed by atoms with Gasteiger partial charge in [-0.2, -0.15) is 0 Å². The maximum absolute atomic E-state index is 4.57. The van der Waals surface area contributed by atoms with Gasteiger partial charge in [-0.1, -0.05) is 91.0 Å². The Bertz CT molecular complexity index is 1700. The summed E-state index contributed by atoms with van der Waals surface area (Å²) in [6.45, 7) is 0. The lowest BCUT2D eigenvalue weighted by Gasteiger charge is -2.19. The molecule has 7 rings (SSSR count).